The number of nitrogens with zero attached hydrogens (tertiary/aromatic N) is 1. The van der Waals surface area contributed by atoms with Gasteiger partial charge in [-0.3, -0.25) is 9.59 Å². The third kappa shape index (κ3) is 3.97. The number of benzene rings is 2. The quantitative estimate of drug-likeness (QED) is 0.331. The van der Waals surface area contributed by atoms with Gasteiger partial charge in [0.2, 0.25) is 5.91 Å². The second-order valence-electron chi connectivity index (χ2n) is 9.46. The van der Waals surface area contributed by atoms with Gasteiger partial charge in [0.05, 0.1) is 12.2 Å². The number of hydrogen-bond acceptors (Lipinski definition) is 5. The van der Waals surface area contributed by atoms with Crippen LogP contribution in [0, 0.1) is 5.82 Å². The molecule has 5 rings (SSSR count). The summed E-state index contributed by atoms with van der Waals surface area (Å²) in [6.07, 6.45) is 1.79. The van der Waals surface area contributed by atoms with Gasteiger partial charge in [-0.15, -0.1) is 0 Å². The van der Waals surface area contributed by atoms with Gasteiger partial charge in [0.15, 0.2) is 0 Å². The number of rotatable bonds is 6. The Hall–Kier alpha value is -4.24. The molecule has 0 bridgehead atoms. The minimum absolute atomic E-state index is 0.0110. The van der Waals surface area contributed by atoms with Gasteiger partial charge >= 0.3 is 0 Å². The summed E-state index contributed by atoms with van der Waals surface area (Å²) in [5.74, 6) is -1.01. The highest BCUT2D eigenvalue weighted by Gasteiger charge is 2.45. The summed E-state index contributed by atoms with van der Waals surface area (Å²) in [5.41, 5.74) is 5.77. The van der Waals surface area contributed by atoms with E-state index in [1.807, 2.05) is 12.1 Å². The van der Waals surface area contributed by atoms with Crippen molar-refractivity contribution >= 4 is 22.7 Å². The molecule has 2 aromatic carbocycles. The first-order valence-electron chi connectivity index (χ1n) is 11.4. The monoisotopic (exact) mass is 488 g/mol. The van der Waals surface area contributed by atoms with Crippen LogP contribution in [0.3, 0.4) is 0 Å². The molecule has 8 nitrogen and oxygen atoms in total. The number of hydrogen-bond donors (Lipinski definition) is 4. The van der Waals surface area contributed by atoms with Crippen molar-refractivity contribution in [1.82, 2.24) is 15.3 Å². The molecular weight excluding hydrogens is 463 g/mol. The molecule has 1 aliphatic rings. The van der Waals surface area contributed by atoms with Crippen molar-refractivity contribution in [2.24, 2.45) is 5.73 Å². The van der Waals surface area contributed by atoms with Crippen LogP contribution in [-0.4, -0.2) is 40.0 Å². The minimum Gasteiger partial charge on any atom is -0.489 e. The van der Waals surface area contributed by atoms with Gasteiger partial charge in [-0.1, -0.05) is 6.07 Å². The molecule has 9 heteroatoms. The second-order valence-corrected chi connectivity index (χ2v) is 9.46. The van der Waals surface area contributed by atoms with Crippen molar-refractivity contribution in [2.75, 3.05) is 13.2 Å². The predicted molar refractivity (Wildman–Crippen MR) is 132 cm³/mol. The van der Waals surface area contributed by atoms with Gasteiger partial charge in [0.25, 0.3) is 5.91 Å². The predicted octanol–water partition coefficient (Wildman–Crippen LogP) is 3.14. The number of aliphatic hydroxyl groups is 1. The number of nitrogens with two attached hydrogens (primary N) is 1. The number of primary amides is 1. The lowest BCUT2D eigenvalue weighted by atomic mass is 9.82. The van der Waals surface area contributed by atoms with Crippen LogP contribution < -0.4 is 15.8 Å². The second kappa shape index (κ2) is 8.46. The molecular formula is C27H25FN4O4. The summed E-state index contributed by atoms with van der Waals surface area (Å²) >= 11 is 0. The molecule has 0 aliphatic carbocycles. The van der Waals surface area contributed by atoms with E-state index in [1.165, 1.54) is 31.2 Å². The molecule has 3 heterocycles. The van der Waals surface area contributed by atoms with Gasteiger partial charge in [-0.2, -0.15) is 0 Å². The Labute approximate surface area is 206 Å². The number of pyridine rings is 1. The number of halogens is 1. The lowest BCUT2D eigenvalue weighted by Gasteiger charge is -2.26. The minimum atomic E-state index is -1.61. The van der Waals surface area contributed by atoms with Crippen molar-refractivity contribution in [3.63, 3.8) is 0 Å². The van der Waals surface area contributed by atoms with Crippen molar-refractivity contribution in [3.8, 4) is 17.0 Å². The number of ether oxygens (including phenoxy) is 1. The van der Waals surface area contributed by atoms with E-state index in [1.54, 1.807) is 31.3 Å². The summed E-state index contributed by atoms with van der Waals surface area (Å²) in [5, 5.41) is 15.1. The number of carbonyl (C=O) groups excluding carboxylic acids is 2. The van der Waals surface area contributed by atoms with E-state index in [9.17, 15) is 19.1 Å². The van der Waals surface area contributed by atoms with E-state index >= 15 is 0 Å². The number of H-pyrrole nitrogens is 1. The molecule has 0 unspecified atom stereocenters. The molecule has 1 aliphatic heterocycles. The van der Waals surface area contributed by atoms with Gasteiger partial charge < -0.3 is 25.9 Å². The SMILES string of the molecule is C[C@](O)(CNC(=O)c1ccc2cc[nH]c2c1)c1cc2c(c(-c3ccc(F)cc3)n1)OC[C@]2(C)C(N)=O. The number of fused-ring (bicyclic) bond motifs is 2. The molecule has 2 atom stereocenters. The zero-order valence-corrected chi connectivity index (χ0v) is 19.8. The van der Waals surface area contributed by atoms with E-state index in [4.69, 9.17) is 10.5 Å². The highest BCUT2D eigenvalue weighted by Crippen LogP contribution is 2.45. The Balaban J connectivity index is 1.50. The molecule has 2 amide bonds. The first-order valence-corrected chi connectivity index (χ1v) is 11.4. The number of aromatic amines is 1. The lowest BCUT2D eigenvalue weighted by molar-refractivity contribution is -0.123. The summed E-state index contributed by atoms with van der Waals surface area (Å²) in [6.45, 7) is 3.03. The zero-order valence-electron chi connectivity index (χ0n) is 19.8. The van der Waals surface area contributed by atoms with Crippen LogP contribution in [0.1, 0.15) is 35.5 Å². The van der Waals surface area contributed by atoms with Gasteiger partial charge in [-0.05, 0) is 67.8 Å². The van der Waals surface area contributed by atoms with E-state index in [0.29, 0.717) is 28.1 Å². The zero-order chi connectivity index (χ0) is 25.7. The molecule has 5 N–H and O–H groups in total. The molecule has 0 saturated heterocycles. The summed E-state index contributed by atoms with van der Waals surface area (Å²) in [4.78, 5) is 32.8. The highest BCUT2D eigenvalue weighted by atomic mass is 19.1. The number of aromatic nitrogens is 2. The van der Waals surface area contributed by atoms with Crippen molar-refractivity contribution in [1.29, 1.82) is 0 Å². The van der Waals surface area contributed by atoms with Gasteiger partial charge in [-0.25, -0.2) is 9.37 Å². The van der Waals surface area contributed by atoms with Crippen LogP contribution in [-0.2, 0) is 15.8 Å². The highest BCUT2D eigenvalue weighted by molar-refractivity contribution is 5.98. The van der Waals surface area contributed by atoms with Crippen molar-refractivity contribution in [3.05, 3.63) is 83.4 Å². The first kappa shape index (κ1) is 23.5. The summed E-state index contributed by atoms with van der Waals surface area (Å²) in [6, 6.07) is 14.4. The Morgan fingerprint density at radius 2 is 1.97 bits per heavy atom. The van der Waals surface area contributed by atoms with Crippen LogP contribution in [0.2, 0.25) is 0 Å². The standard InChI is InChI=1S/C27H25FN4O4/c1-26(25(29)34)14-36-23-19(26)12-21(32-22(23)16-5-7-18(28)8-6-16)27(2,35)13-31-24(33)17-4-3-15-9-10-30-20(15)11-17/h3-12,30,35H,13-14H2,1-2H3,(H2,29,34)(H,31,33)/t26-,27-/m0/s1. The number of nitrogens with one attached hydrogen (secondary N) is 2. The number of amides is 2. The fourth-order valence-electron chi connectivity index (χ4n) is 4.30. The first-order chi connectivity index (χ1) is 17.1. The van der Waals surface area contributed by atoms with Crippen LogP contribution in [0.15, 0.2) is 60.8 Å². The van der Waals surface area contributed by atoms with Crippen LogP contribution >= 0.6 is 0 Å². The smallest absolute Gasteiger partial charge is 0.251 e. The van der Waals surface area contributed by atoms with Gasteiger partial charge in [0.1, 0.15) is 34.9 Å². The molecule has 36 heavy (non-hydrogen) atoms. The molecule has 0 radical (unpaired) electrons. The fourth-order valence-corrected chi connectivity index (χ4v) is 4.30. The largest absolute Gasteiger partial charge is 0.489 e. The van der Waals surface area contributed by atoms with Crippen LogP contribution in [0.25, 0.3) is 22.2 Å². The maximum atomic E-state index is 13.6. The third-order valence-electron chi connectivity index (χ3n) is 6.70. The van der Waals surface area contributed by atoms with Gasteiger partial charge in [0, 0.05) is 28.4 Å². The van der Waals surface area contributed by atoms with Crippen LogP contribution in [0.5, 0.6) is 5.75 Å². The number of carbonyl (C=O) groups is 2. The Morgan fingerprint density at radius 3 is 2.69 bits per heavy atom. The van der Waals surface area contributed by atoms with E-state index in [2.05, 4.69) is 15.3 Å². The molecule has 4 aromatic rings. The molecule has 184 valence electrons. The van der Waals surface area contributed by atoms with E-state index in [0.717, 1.165) is 10.9 Å². The van der Waals surface area contributed by atoms with E-state index < -0.39 is 22.7 Å². The molecule has 2 aromatic heterocycles. The lowest BCUT2D eigenvalue weighted by Crippen LogP contribution is -2.41. The Kier molecular flexibility index (Phi) is 5.52. The maximum absolute atomic E-state index is 13.6. The molecule has 0 spiro atoms. The fraction of sp³-hybridized carbons (Fsp3) is 0.222. The summed E-state index contributed by atoms with van der Waals surface area (Å²) < 4.78 is 19.4. The topological polar surface area (TPSA) is 130 Å². The van der Waals surface area contributed by atoms with Crippen molar-refractivity contribution < 1.29 is 23.8 Å². The Bertz CT molecular complexity index is 1500. The third-order valence-corrected chi connectivity index (χ3v) is 6.70. The molecule has 0 fully saturated rings. The summed E-state index contributed by atoms with van der Waals surface area (Å²) in [7, 11) is 0. The average molecular weight is 489 g/mol. The normalized spacial score (nSPS) is 18.3. The average Bonchev–Trinajstić information content (AvgIpc) is 3.47. The maximum Gasteiger partial charge on any atom is 0.251 e. The van der Waals surface area contributed by atoms with Crippen molar-refractivity contribution in [2.45, 2.75) is 24.9 Å². The van der Waals surface area contributed by atoms with Crippen LogP contribution in [0.4, 0.5) is 4.39 Å². The van der Waals surface area contributed by atoms with E-state index in [-0.39, 0.29) is 24.8 Å². The molecule has 0 saturated carbocycles. The Morgan fingerprint density at radius 1 is 1.22 bits per heavy atom.